The standard InChI is InChI=1S/C23H27F3N8O3S/c1-14(2)31-20-18(21(35)28-8-3-7-23(24,25)26)12-29-22(33-20)32-16-6-9-27-19(10-16)15-11-30-34(13-15)38(36,37)17-4-5-17/h6,9-14,17H,3-5,7-8H2,1-2H3,(H,28,35)(H2,27,29,31,32,33). The van der Waals surface area contributed by atoms with Gasteiger partial charge in [-0.05, 0) is 45.2 Å². The molecule has 0 atom stereocenters. The van der Waals surface area contributed by atoms with Crippen LogP contribution in [0.5, 0.6) is 0 Å². The van der Waals surface area contributed by atoms with Crippen molar-refractivity contribution in [2.75, 3.05) is 17.2 Å². The van der Waals surface area contributed by atoms with Crippen LogP contribution in [0.25, 0.3) is 11.3 Å². The van der Waals surface area contributed by atoms with Crippen LogP contribution in [0, 0.1) is 0 Å². The number of pyridine rings is 1. The van der Waals surface area contributed by atoms with E-state index < -0.39 is 33.8 Å². The van der Waals surface area contributed by atoms with Gasteiger partial charge in [0.1, 0.15) is 11.4 Å². The first-order valence-electron chi connectivity index (χ1n) is 11.9. The highest BCUT2D eigenvalue weighted by Crippen LogP contribution is 2.31. The Bertz CT molecular complexity index is 1400. The van der Waals surface area contributed by atoms with Crippen molar-refractivity contribution >= 4 is 33.4 Å². The monoisotopic (exact) mass is 552 g/mol. The Labute approximate surface area is 217 Å². The summed E-state index contributed by atoms with van der Waals surface area (Å²) in [5.74, 6) is -0.219. The van der Waals surface area contributed by atoms with Crippen molar-refractivity contribution in [2.24, 2.45) is 0 Å². The van der Waals surface area contributed by atoms with E-state index >= 15 is 0 Å². The molecule has 1 aliphatic carbocycles. The third-order valence-corrected chi connectivity index (χ3v) is 7.49. The lowest BCUT2D eigenvalue weighted by molar-refractivity contribution is -0.135. The van der Waals surface area contributed by atoms with Gasteiger partial charge >= 0.3 is 6.18 Å². The van der Waals surface area contributed by atoms with E-state index in [2.05, 4.69) is 36.0 Å². The van der Waals surface area contributed by atoms with E-state index in [4.69, 9.17) is 0 Å². The van der Waals surface area contributed by atoms with Gasteiger partial charge in [0, 0.05) is 42.7 Å². The second-order valence-electron chi connectivity index (χ2n) is 9.13. The number of carbonyl (C=O) groups is 1. The molecule has 1 saturated carbocycles. The van der Waals surface area contributed by atoms with Crippen molar-refractivity contribution in [1.82, 2.24) is 29.5 Å². The number of alkyl halides is 3. The lowest BCUT2D eigenvalue weighted by Crippen LogP contribution is -2.28. The number of carbonyl (C=O) groups excluding carboxylic acids is 1. The molecule has 0 radical (unpaired) electrons. The third-order valence-electron chi connectivity index (χ3n) is 5.46. The molecule has 0 aromatic carbocycles. The number of amides is 1. The number of aromatic nitrogens is 5. The molecule has 15 heteroatoms. The van der Waals surface area contributed by atoms with Crippen LogP contribution in [0.4, 0.5) is 30.6 Å². The summed E-state index contributed by atoms with van der Waals surface area (Å²) >= 11 is 0. The van der Waals surface area contributed by atoms with Crippen LogP contribution >= 0.6 is 0 Å². The van der Waals surface area contributed by atoms with E-state index in [0.717, 1.165) is 4.09 Å². The number of nitrogens with one attached hydrogen (secondary N) is 3. The molecule has 0 saturated heterocycles. The maximum absolute atomic E-state index is 12.6. The van der Waals surface area contributed by atoms with Crippen LogP contribution in [-0.4, -0.2) is 62.5 Å². The van der Waals surface area contributed by atoms with Gasteiger partial charge < -0.3 is 16.0 Å². The lowest BCUT2D eigenvalue weighted by Gasteiger charge is -2.15. The Hall–Kier alpha value is -3.75. The minimum Gasteiger partial charge on any atom is -0.367 e. The van der Waals surface area contributed by atoms with Gasteiger partial charge in [0.2, 0.25) is 5.95 Å². The number of hydrogen-bond donors (Lipinski definition) is 3. The van der Waals surface area contributed by atoms with Crippen LogP contribution in [0.3, 0.4) is 0 Å². The van der Waals surface area contributed by atoms with E-state index in [1.807, 2.05) is 13.8 Å². The Morgan fingerprint density at radius 3 is 2.66 bits per heavy atom. The Balaban J connectivity index is 1.48. The van der Waals surface area contributed by atoms with E-state index in [1.54, 1.807) is 12.1 Å². The number of rotatable bonds is 11. The first-order chi connectivity index (χ1) is 17.9. The number of nitrogens with zero attached hydrogens (tertiary/aromatic N) is 5. The fourth-order valence-electron chi connectivity index (χ4n) is 3.47. The van der Waals surface area contributed by atoms with Gasteiger partial charge in [0.15, 0.2) is 0 Å². The SMILES string of the molecule is CC(C)Nc1nc(Nc2ccnc(-c3cnn(S(=O)(=O)C4CC4)c3)c2)ncc1C(=O)NCCCC(F)(F)F. The van der Waals surface area contributed by atoms with Gasteiger partial charge in [-0.1, -0.05) is 0 Å². The summed E-state index contributed by atoms with van der Waals surface area (Å²) in [4.78, 5) is 25.4. The number of anilines is 3. The third kappa shape index (κ3) is 6.96. The second kappa shape index (κ2) is 10.9. The van der Waals surface area contributed by atoms with Crippen molar-refractivity contribution in [3.63, 3.8) is 0 Å². The van der Waals surface area contributed by atoms with E-state index in [0.29, 0.717) is 29.8 Å². The van der Waals surface area contributed by atoms with Crippen LogP contribution in [-0.2, 0) is 10.0 Å². The molecule has 204 valence electrons. The maximum atomic E-state index is 12.6. The molecule has 1 fully saturated rings. The molecular formula is C23H27F3N8O3S. The zero-order valence-corrected chi connectivity index (χ0v) is 21.5. The minimum atomic E-state index is -4.28. The molecule has 4 rings (SSSR count). The molecule has 0 spiro atoms. The number of hydrogen-bond acceptors (Lipinski definition) is 9. The normalized spacial score (nSPS) is 13.9. The predicted molar refractivity (Wildman–Crippen MR) is 134 cm³/mol. The van der Waals surface area contributed by atoms with Crippen LogP contribution in [0.2, 0.25) is 0 Å². The Morgan fingerprint density at radius 2 is 1.97 bits per heavy atom. The lowest BCUT2D eigenvalue weighted by atomic mass is 10.2. The van der Waals surface area contributed by atoms with Crippen molar-refractivity contribution in [3.8, 4) is 11.3 Å². The number of halogens is 3. The molecule has 1 aliphatic rings. The topological polar surface area (TPSA) is 144 Å². The summed E-state index contributed by atoms with van der Waals surface area (Å²) in [7, 11) is -3.50. The fraction of sp³-hybridized carbons (Fsp3) is 0.435. The molecule has 3 N–H and O–H groups in total. The summed E-state index contributed by atoms with van der Waals surface area (Å²) in [5.41, 5.74) is 1.63. The maximum Gasteiger partial charge on any atom is 0.389 e. The summed E-state index contributed by atoms with van der Waals surface area (Å²) in [6.45, 7) is 3.55. The molecule has 3 aromatic rings. The van der Waals surface area contributed by atoms with E-state index in [1.165, 1.54) is 24.8 Å². The zero-order valence-electron chi connectivity index (χ0n) is 20.7. The molecule has 0 bridgehead atoms. The molecule has 38 heavy (non-hydrogen) atoms. The van der Waals surface area contributed by atoms with Crippen molar-refractivity contribution in [3.05, 3.63) is 42.5 Å². The highest BCUT2D eigenvalue weighted by molar-refractivity contribution is 7.90. The van der Waals surface area contributed by atoms with Crippen LogP contribution < -0.4 is 16.0 Å². The zero-order chi connectivity index (χ0) is 27.5. The molecule has 11 nitrogen and oxygen atoms in total. The summed E-state index contributed by atoms with van der Waals surface area (Å²) in [6, 6.07) is 3.24. The highest BCUT2D eigenvalue weighted by Gasteiger charge is 2.37. The molecule has 3 aromatic heterocycles. The van der Waals surface area contributed by atoms with Gasteiger partial charge in [-0.3, -0.25) is 9.78 Å². The van der Waals surface area contributed by atoms with Crippen LogP contribution in [0.15, 0.2) is 36.9 Å². The smallest absolute Gasteiger partial charge is 0.367 e. The highest BCUT2D eigenvalue weighted by atomic mass is 32.2. The second-order valence-corrected chi connectivity index (χ2v) is 11.2. The molecular weight excluding hydrogens is 525 g/mol. The molecule has 0 aliphatic heterocycles. The minimum absolute atomic E-state index is 0.0921. The van der Waals surface area contributed by atoms with Gasteiger partial charge in [0.05, 0.1) is 23.3 Å². The van der Waals surface area contributed by atoms with Crippen molar-refractivity contribution in [1.29, 1.82) is 0 Å². The summed E-state index contributed by atoms with van der Waals surface area (Å²) in [5, 5.41) is 12.1. The van der Waals surface area contributed by atoms with E-state index in [-0.39, 0.29) is 36.3 Å². The van der Waals surface area contributed by atoms with E-state index in [9.17, 15) is 26.4 Å². The average Bonchev–Trinajstić information content (AvgIpc) is 3.58. The quantitative estimate of drug-likeness (QED) is 0.303. The Morgan fingerprint density at radius 1 is 1.21 bits per heavy atom. The predicted octanol–water partition coefficient (Wildman–Crippen LogP) is 3.71. The largest absolute Gasteiger partial charge is 0.389 e. The average molecular weight is 553 g/mol. The van der Waals surface area contributed by atoms with Gasteiger partial charge in [-0.2, -0.15) is 27.3 Å². The van der Waals surface area contributed by atoms with Crippen LogP contribution in [0.1, 0.15) is 49.9 Å². The fourth-order valence-corrected chi connectivity index (χ4v) is 4.94. The van der Waals surface area contributed by atoms with Gasteiger partial charge in [-0.25, -0.2) is 13.4 Å². The Kier molecular flexibility index (Phi) is 7.85. The van der Waals surface area contributed by atoms with Crippen molar-refractivity contribution < 1.29 is 26.4 Å². The first kappa shape index (κ1) is 27.3. The first-order valence-corrected chi connectivity index (χ1v) is 13.4. The summed E-state index contributed by atoms with van der Waals surface area (Å²) in [6.07, 6.45) is 1.40. The molecule has 0 unspecified atom stereocenters. The summed E-state index contributed by atoms with van der Waals surface area (Å²) < 4.78 is 62.9. The van der Waals surface area contributed by atoms with Crippen molar-refractivity contribution in [2.45, 2.75) is 57.0 Å². The van der Waals surface area contributed by atoms with Gasteiger partial charge in [-0.15, -0.1) is 0 Å². The molecule has 3 heterocycles. The van der Waals surface area contributed by atoms with Gasteiger partial charge in [0.25, 0.3) is 15.9 Å². The molecule has 1 amide bonds.